The molecular formula is C15H18FNO3S. The fourth-order valence-electron chi connectivity index (χ4n) is 2.41. The first-order valence-electron chi connectivity index (χ1n) is 6.76. The van der Waals surface area contributed by atoms with E-state index in [1.807, 2.05) is 19.9 Å². The van der Waals surface area contributed by atoms with Gasteiger partial charge in [0.1, 0.15) is 5.78 Å². The summed E-state index contributed by atoms with van der Waals surface area (Å²) in [7, 11) is 0. The van der Waals surface area contributed by atoms with Crippen molar-refractivity contribution in [3.8, 4) is 0 Å². The van der Waals surface area contributed by atoms with Gasteiger partial charge in [-0.2, -0.15) is 0 Å². The minimum absolute atomic E-state index is 0.171. The van der Waals surface area contributed by atoms with Crippen LogP contribution in [0.4, 0.5) is 4.53 Å². The molecule has 0 spiro atoms. The summed E-state index contributed by atoms with van der Waals surface area (Å²) >= 11 is 1.62. The Kier molecular flexibility index (Phi) is 5.00. The molecule has 0 radical (unpaired) electrons. The lowest BCUT2D eigenvalue weighted by molar-refractivity contribution is -0.123. The van der Waals surface area contributed by atoms with E-state index >= 15 is 0 Å². The highest BCUT2D eigenvalue weighted by atomic mass is 32.2. The zero-order chi connectivity index (χ0) is 15.5. The quantitative estimate of drug-likeness (QED) is 0.798. The maximum absolute atomic E-state index is 11.9. The van der Waals surface area contributed by atoms with Crippen molar-refractivity contribution >= 4 is 23.7 Å². The molecule has 0 atom stereocenters. The predicted octanol–water partition coefficient (Wildman–Crippen LogP) is 3.32. The van der Waals surface area contributed by atoms with Crippen LogP contribution in [0.2, 0.25) is 0 Å². The van der Waals surface area contributed by atoms with Crippen LogP contribution in [-0.4, -0.2) is 28.1 Å². The van der Waals surface area contributed by atoms with Crippen molar-refractivity contribution in [1.29, 1.82) is 0 Å². The number of ketones is 1. The first-order chi connectivity index (χ1) is 9.92. The summed E-state index contributed by atoms with van der Waals surface area (Å²) < 4.78 is 14.1. The van der Waals surface area contributed by atoms with E-state index in [0.29, 0.717) is 24.4 Å². The molecule has 4 nitrogen and oxygen atoms in total. The molecule has 0 N–H and O–H groups in total. The lowest BCUT2D eigenvalue weighted by atomic mass is 9.92. The Morgan fingerprint density at radius 3 is 2.90 bits per heavy atom. The van der Waals surface area contributed by atoms with Gasteiger partial charge in [-0.05, 0) is 31.5 Å². The third-order valence-electron chi connectivity index (χ3n) is 3.52. The zero-order valence-corrected chi connectivity index (χ0v) is 12.9. The van der Waals surface area contributed by atoms with Gasteiger partial charge in [0.05, 0.1) is 5.56 Å². The van der Waals surface area contributed by atoms with Gasteiger partial charge < -0.3 is 0 Å². The third kappa shape index (κ3) is 4.04. The highest BCUT2D eigenvalue weighted by Crippen LogP contribution is 2.33. The lowest BCUT2D eigenvalue weighted by Crippen LogP contribution is -2.46. The lowest BCUT2D eigenvalue weighted by Gasteiger charge is -2.40. The van der Waals surface area contributed by atoms with Crippen LogP contribution in [-0.2, 0) is 15.5 Å². The molecule has 21 heavy (non-hydrogen) atoms. The molecule has 1 fully saturated rings. The van der Waals surface area contributed by atoms with E-state index in [0.717, 1.165) is 12.1 Å². The van der Waals surface area contributed by atoms with Crippen LogP contribution in [0.5, 0.6) is 0 Å². The normalized spacial score (nSPS) is 18.5. The SMILES string of the molecule is CC1(C)CC(=O)CCN1SCc1cccc(C(=O)OF)c1. The third-order valence-corrected chi connectivity index (χ3v) is 4.97. The van der Waals surface area contributed by atoms with Crippen LogP contribution in [0, 0.1) is 0 Å². The number of rotatable bonds is 4. The second kappa shape index (κ2) is 6.58. The Hall–Kier alpha value is -1.40. The summed E-state index contributed by atoms with van der Waals surface area (Å²) in [5.74, 6) is -0.0272. The second-order valence-electron chi connectivity index (χ2n) is 5.72. The Morgan fingerprint density at radius 2 is 2.24 bits per heavy atom. The van der Waals surface area contributed by atoms with E-state index < -0.39 is 5.97 Å². The van der Waals surface area contributed by atoms with Gasteiger partial charge in [-0.1, -0.05) is 24.1 Å². The molecule has 114 valence electrons. The van der Waals surface area contributed by atoms with Crippen molar-refractivity contribution in [3.63, 3.8) is 0 Å². The first kappa shape index (κ1) is 16.0. The molecule has 0 bridgehead atoms. The topological polar surface area (TPSA) is 46.6 Å². The molecule has 0 unspecified atom stereocenters. The van der Waals surface area contributed by atoms with Gasteiger partial charge in [0.25, 0.3) is 0 Å². The monoisotopic (exact) mass is 311 g/mol. The molecule has 1 aliphatic heterocycles. The van der Waals surface area contributed by atoms with Crippen molar-refractivity contribution in [2.75, 3.05) is 6.54 Å². The fourth-order valence-corrected chi connectivity index (χ4v) is 3.53. The van der Waals surface area contributed by atoms with E-state index in [-0.39, 0.29) is 11.1 Å². The second-order valence-corrected chi connectivity index (χ2v) is 6.71. The first-order valence-corrected chi connectivity index (χ1v) is 7.71. The van der Waals surface area contributed by atoms with E-state index in [9.17, 15) is 14.1 Å². The molecule has 1 heterocycles. The number of Topliss-reactive ketones (excluding diaryl/α,β-unsaturated/α-hetero) is 1. The number of piperidine rings is 1. The molecule has 2 rings (SSSR count). The summed E-state index contributed by atoms with van der Waals surface area (Å²) in [4.78, 5) is 25.9. The molecule has 6 heteroatoms. The number of carbonyl (C=O) groups is 2. The summed E-state index contributed by atoms with van der Waals surface area (Å²) in [5, 5.41) is 0. The van der Waals surface area contributed by atoms with E-state index in [1.54, 1.807) is 24.1 Å². The van der Waals surface area contributed by atoms with E-state index in [4.69, 9.17) is 0 Å². The molecule has 0 aliphatic carbocycles. The Balaban J connectivity index is 2.00. The number of hydrogen-bond donors (Lipinski definition) is 0. The minimum Gasteiger partial charge on any atom is -0.300 e. The average molecular weight is 311 g/mol. The number of benzene rings is 1. The summed E-state index contributed by atoms with van der Waals surface area (Å²) in [6, 6.07) is 6.72. The highest BCUT2D eigenvalue weighted by molar-refractivity contribution is 7.96. The summed E-state index contributed by atoms with van der Waals surface area (Å²) in [5.41, 5.74) is 0.939. The van der Waals surface area contributed by atoms with Crippen LogP contribution in [0.25, 0.3) is 0 Å². The predicted molar refractivity (Wildman–Crippen MR) is 79.3 cm³/mol. The standard InChI is InChI=1S/C15H18FNO3S/c1-15(2)9-13(18)6-7-17(15)21-10-11-4-3-5-12(8-11)14(19)20-16/h3-5,8H,6-7,9-10H2,1-2H3. The molecule has 1 aromatic carbocycles. The molecule has 1 aromatic rings. The van der Waals surface area contributed by atoms with Crippen molar-refractivity contribution in [1.82, 2.24) is 4.31 Å². The minimum atomic E-state index is -0.981. The maximum atomic E-state index is 11.9. The van der Waals surface area contributed by atoms with Crippen molar-refractivity contribution in [2.45, 2.75) is 38.0 Å². The fraction of sp³-hybridized carbons (Fsp3) is 0.467. The number of hydrogen-bond acceptors (Lipinski definition) is 5. The summed E-state index contributed by atoms with van der Waals surface area (Å²) in [6.07, 6.45) is 1.12. The smallest absolute Gasteiger partial charge is 0.300 e. The van der Waals surface area contributed by atoms with Crippen molar-refractivity contribution < 1.29 is 19.1 Å². The Labute approximate surface area is 127 Å². The average Bonchev–Trinajstić information content (AvgIpc) is 2.45. The van der Waals surface area contributed by atoms with Gasteiger partial charge in [0.15, 0.2) is 0 Å². The zero-order valence-electron chi connectivity index (χ0n) is 12.1. The van der Waals surface area contributed by atoms with Crippen LogP contribution in [0.1, 0.15) is 42.6 Å². The molecule has 0 amide bonds. The van der Waals surface area contributed by atoms with Gasteiger partial charge in [-0.3, -0.25) is 4.79 Å². The highest BCUT2D eigenvalue weighted by Gasteiger charge is 2.34. The van der Waals surface area contributed by atoms with Crippen molar-refractivity contribution in [3.05, 3.63) is 35.4 Å². The largest absolute Gasteiger partial charge is 0.379 e. The van der Waals surface area contributed by atoms with Crippen LogP contribution < -0.4 is 0 Å². The van der Waals surface area contributed by atoms with Gasteiger partial charge in [0.2, 0.25) is 0 Å². The molecular weight excluding hydrogens is 293 g/mol. The van der Waals surface area contributed by atoms with E-state index in [2.05, 4.69) is 9.25 Å². The van der Waals surface area contributed by atoms with Crippen LogP contribution in [0.15, 0.2) is 24.3 Å². The van der Waals surface area contributed by atoms with Gasteiger partial charge in [-0.25, -0.2) is 14.0 Å². The Bertz CT molecular complexity index is 547. The van der Waals surface area contributed by atoms with Gasteiger partial charge in [-0.15, -0.1) is 0 Å². The number of carbonyl (C=O) groups excluding carboxylic acids is 2. The van der Waals surface area contributed by atoms with E-state index in [1.165, 1.54) is 6.07 Å². The maximum Gasteiger partial charge on any atom is 0.379 e. The molecule has 0 saturated carbocycles. The van der Waals surface area contributed by atoms with Crippen molar-refractivity contribution in [2.24, 2.45) is 0 Å². The number of halogens is 1. The molecule has 0 aromatic heterocycles. The van der Waals surface area contributed by atoms with Crippen LogP contribution >= 0.6 is 11.9 Å². The molecule has 1 aliphatic rings. The van der Waals surface area contributed by atoms with Gasteiger partial charge in [0, 0.05) is 35.2 Å². The summed E-state index contributed by atoms with van der Waals surface area (Å²) in [6.45, 7) is 4.82. The number of nitrogens with zero attached hydrogens (tertiary/aromatic N) is 1. The van der Waals surface area contributed by atoms with Gasteiger partial charge >= 0.3 is 5.97 Å². The molecule has 1 saturated heterocycles. The van der Waals surface area contributed by atoms with Crippen LogP contribution in [0.3, 0.4) is 0 Å². The Morgan fingerprint density at radius 1 is 1.48 bits per heavy atom.